The number of hydrogen-bond donors (Lipinski definition) is 1. The maximum atomic E-state index is 12.0. The van der Waals surface area contributed by atoms with Crippen molar-refractivity contribution in [1.82, 2.24) is 0 Å². The Morgan fingerprint density at radius 3 is 2.42 bits per heavy atom. The summed E-state index contributed by atoms with van der Waals surface area (Å²) < 4.78 is 5.62. The van der Waals surface area contributed by atoms with Gasteiger partial charge in [0.25, 0.3) is 0 Å². The second kappa shape index (κ2) is 6.79. The Hall–Kier alpha value is -2.02. The van der Waals surface area contributed by atoms with Gasteiger partial charge in [0, 0.05) is 0 Å². The zero-order valence-corrected chi connectivity index (χ0v) is 11.8. The molecule has 102 valence electrons. The molecule has 19 heavy (non-hydrogen) atoms. The third-order valence-electron chi connectivity index (χ3n) is 2.60. The standard InChI is InChI=1S/C15H20N2O2/c1-10(2)12(9-16)15(18)17-13-7-5-6-8-14(13)19-11(3)4/h5-8,10-12H,1-4H3,(H,17,18). The zero-order chi connectivity index (χ0) is 14.4. The first-order valence-corrected chi connectivity index (χ1v) is 6.41. The van der Waals surface area contributed by atoms with Crippen molar-refractivity contribution in [2.75, 3.05) is 5.32 Å². The van der Waals surface area contributed by atoms with Crippen LogP contribution in [0.1, 0.15) is 27.7 Å². The molecule has 1 aromatic rings. The van der Waals surface area contributed by atoms with Crippen LogP contribution in [0.3, 0.4) is 0 Å². The van der Waals surface area contributed by atoms with Gasteiger partial charge in [0.2, 0.25) is 5.91 Å². The minimum absolute atomic E-state index is 0.0231. The van der Waals surface area contributed by atoms with E-state index in [4.69, 9.17) is 10.00 Å². The molecule has 1 rings (SSSR count). The monoisotopic (exact) mass is 260 g/mol. The van der Waals surface area contributed by atoms with Gasteiger partial charge in [-0.2, -0.15) is 5.26 Å². The van der Waals surface area contributed by atoms with Crippen molar-refractivity contribution < 1.29 is 9.53 Å². The highest BCUT2D eigenvalue weighted by Gasteiger charge is 2.22. The summed E-state index contributed by atoms with van der Waals surface area (Å²) in [6.07, 6.45) is 0.0231. The summed E-state index contributed by atoms with van der Waals surface area (Å²) in [5, 5.41) is 11.8. The van der Waals surface area contributed by atoms with Gasteiger partial charge in [0.15, 0.2) is 0 Å². The molecule has 0 bridgehead atoms. The number of nitrogens with zero attached hydrogens (tertiary/aromatic N) is 1. The molecular formula is C15H20N2O2. The van der Waals surface area contributed by atoms with E-state index in [1.54, 1.807) is 12.1 Å². The first kappa shape index (κ1) is 15.0. The molecule has 0 heterocycles. The molecule has 1 atom stereocenters. The van der Waals surface area contributed by atoms with E-state index in [9.17, 15) is 4.79 Å². The molecule has 1 aromatic carbocycles. The van der Waals surface area contributed by atoms with Crippen LogP contribution < -0.4 is 10.1 Å². The third-order valence-corrected chi connectivity index (χ3v) is 2.60. The molecule has 0 aliphatic rings. The molecule has 1 unspecified atom stereocenters. The fourth-order valence-electron chi connectivity index (χ4n) is 1.65. The molecule has 1 N–H and O–H groups in total. The first-order chi connectivity index (χ1) is 8.95. The summed E-state index contributed by atoms with van der Waals surface area (Å²) in [6, 6.07) is 9.26. The largest absolute Gasteiger partial charge is 0.489 e. The van der Waals surface area contributed by atoms with Gasteiger partial charge in [-0.15, -0.1) is 0 Å². The number of para-hydroxylation sites is 2. The van der Waals surface area contributed by atoms with Gasteiger partial charge in [-0.1, -0.05) is 26.0 Å². The second-order valence-corrected chi connectivity index (χ2v) is 5.00. The van der Waals surface area contributed by atoms with Crippen LogP contribution in [0.4, 0.5) is 5.69 Å². The minimum atomic E-state index is -0.660. The quantitative estimate of drug-likeness (QED) is 0.884. The van der Waals surface area contributed by atoms with E-state index in [-0.39, 0.29) is 17.9 Å². The number of carbonyl (C=O) groups excluding carboxylic acids is 1. The molecule has 0 aromatic heterocycles. The number of benzene rings is 1. The molecule has 1 amide bonds. The Morgan fingerprint density at radius 1 is 1.26 bits per heavy atom. The van der Waals surface area contributed by atoms with Gasteiger partial charge in [-0.05, 0) is 31.9 Å². The van der Waals surface area contributed by atoms with Crippen molar-refractivity contribution in [3.05, 3.63) is 24.3 Å². The summed E-state index contributed by atoms with van der Waals surface area (Å²) in [5.74, 6) is -0.362. The van der Waals surface area contributed by atoms with E-state index < -0.39 is 5.92 Å². The summed E-state index contributed by atoms with van der Waals surface area (Å²) in [4.78, 5) is 12.0. The Balaban J connectivity index is 2.88. The van der Waals surface area contributed by atoms with Gasteiger partial charge in [0.05, 0.1) is 17.9 Å². The van der Waals surface area contributed by atoms with Gasteiger partial charge in [0.1, 0.15) is 11.7 Å². The number of nitrogens with one attached hydrogen (secondary N) is 1. The lowest BCUT2D eigenvalue weighted by molar-refractivity contribution is -0.119. The summed E-state index contributed by atoms with van der Waals surface area (Å²) >= 11 is 0. The van der Waals surface area contributed by atoms with Gasteiger partial charge in [-0.3, -0.25) is 4.79 Å². The van der Waals surface area contributed by atoms with Crippen molar-refractivity contribution in [3.8, 4) is 11.8 Å². The lowest BCUT2D eigenvalue weighted by Gasteiger charge is -2.17. The van der Waals surface area contributed by atoms with E-state index in [0.29, 0.717) is 11.4 Å². The fraction of sp³-hybridized carbons (Fsp3) is 0.467. The lowest BCUT2D eigenvalue weighted by Crippen LogP contribution is -2.26. The smallest absolute Gasteiger partial charge is 0.242 e. The molecule has 0 radical (unpaired) electrons. The summed E-state index contributed by atoms with van der Waals surface area (Å²) in [6.45, 7) is 7.55. The summed E-state index contributed by atoms with van der Waals surface area (Å²) in [5.41, 5.74) is 0.599. The lowest BCUT2D eigenvalue weighted by atomic mass is 9.96. The Labute approximate surface area is 114 Å². The number of amides is 1. The van der Waals surface area contributed by atoms with E-state index >= 15 is 0 Å². The van der Waals surface area contributed by atoms with Crippen LogP contribution in [0.15, 0.2) is 24.3 Å². The number of anilines is 1. The first-order valence-electron chi connectivity index (χ1n) is 6.41. The number of carbonyl (C=O) groups is 1. The average molecular weight is 260 g/mol. The maximum Gasteiger partial charge on any atom is 0.242 e. The second-order valence-electron chi connectivity index (χ2n) is 5.00. The molecule has 0 fully saturated rings. The number of hydrogen-bond acceptors (Lipinski definition) is 3. The Bertz CT molecular complexity index is 475. The van der Waals surface area contributed by atoms with Gasteiger partial charge < -0.3 is 10.1 Å². The highest BCUT2D eigenvalue weighted by atomic mass is 16.5. The molecule has 0 saturated carbocycles. The van der Waals surface area contributed by atoms with E-state index in [1.165, 1.54) is 0 Å². The Kier molecular flexibility index (Phi) is 5.37. The average Bonchev–Trinajstić information content (AvgIpc) is 2.31. The number of rotatable bonds is 5. The molecule has 4 heteroatoms. The van der Waals surface area contributed by atoms with Crippen LogP contribution in [-0.4, -0.2) is 12.0 Å². The minimum Gasteiger partial charge on any atom is -0.489 e. The highest BCUT2D eigenvalue weighted by molar-refractivity contribution is 5.95. The van der Waals surface area contributed by atoms with Crippen LogP contribution in [-0.2, 0) is 4.79 Å². The zero-order valence-electron chi connectivity index (χ0n) is 11.8. The molecule has 4 nitrogen and oxygen atoms in total. The van der Waals surface area contributed by atoms with Crippen molar-refractivity contribution >= 4 is 11.6 Å². The topological polar surface area (TPSA) is 62.1 Å². The van der Waals surface area contributed by atoms with Crippen LogP contribution in [0.5, 0.6) is 5.75 Å². The van der Waals surface area contributed by atoms with E-state index in [1.807, 2.05) is 45.9 Å². The van der Waals surface area contributed by atoms with E-state index in [2.05, 4.69) is 5.32 Å². The maximum absolute atomic E-state index is 12.0. The predicted octanol–water partition coefficient (Wildman–Crippen LogP) is 3.21. The fourth-order valence-corrected chi connectivity index (χ4v) is 1.65. The number of nitriles is 1. The van der Waals surface area contributed by atoms with Crippen molar-refractivity contribution in [2.24, 2.45) is 11.8 Å². The predicted molar refractivity (Wildman–Crippen MR) is 74.8 cm³/mol. The van der Waals surface area contributed by atoms with Crippen LogP contribution >= 0.6 is 0 Å². The summed E-state index contributed by atoms with van der Waals surface area (Å²) in [7, 11) is 0. The molecule has 0 spiro atoms. The van der Waals surface area contributed by atoms with Gasteiger partial charge >= 0.3 is 0 Å². The molecule has 0 aliphatic heterocycles. The van der Waals surface area contributed by atoms with Crippen LogP contribution in [0.25, 0.3) is 0 Å². The SMILES string of the molecule is CC(C)Oc1ccccc1NC(=O)C(C#N)C(C)C. The van der Waals surface area contributed by atoms with Crippen molar-refractivity contribution in [2.45, 2.75) is 33.8 Å². The molecule has 0 saturated heterocycles. The van der Waals surface area contributed by atoms with Gasteiger partial charge in [-0.25, -0.2) is 0 Å². The normalized spacial score (nSPS) is 12.1. The molecule has 0 aliphatic carbocycles. The third kappa shape index (κ3) is 4.29. The highest BCUT2D eigenvalue weighted by Crippen LogP contribution is 2.26. The van der Waals surface area contributed by atoms with Crippen LogP contribution in [0, 0.1) is 23.2 Å². The van der Waals surface area contributed by atoms with E-state index in [0.717, 1.165) is 0 Å². The van der Waals surface area contributed by atoms with Crippen molar-refractivity contribution in [1.29, 1.82) is 5.26 Å². The Morgan fingerprint density at radius 2 is 1.89 bits per heavy atom. The number of ether oxygens (including phenoxy) is 1. The van der Waals surface area contributed by atoms with Crippen molar-refractivity contribution in [3.63, 3.8) is 0 Å². The molecular weight excluding hydrogens is 240 g/mol. The van der Waals surface area contributed by atoms with Crippen LogP contribution in [0.2, 0.25) is 0 Å².